The third-order valence-corrected chi connectivity index (χ3v) is 15.8. The lowest BCUT2D eigenvalue weighted by molar-refractivity contribution is -0.109. The first-order valence-corrected chi connectivity index (χ1v) is 28.1. The van der Waals surface area contributed by atoms with Gasteiger partial charge in [0.1, 0.15) is 0 Å². The van der Waals surface area contributed by atoms with Crippen molar-refractivity contribution < 1.29 is 18.9 Å². The van der Waals surface area contributed by atoms with Crippen molar-refractivity contribution in [2.75, 3.05) is 78.9 Å². The minimum Gasteiger partial charge on any atom is -0.381 e. The largest absolute Gasteiger partial charge is 0.381 e. The first-order valence-electron chi connectivity index (χ1n) is 28.1. The van der Waals surface area contributed by atoms with Gasteiger partial charge >= 0.3 is 0 Å². The maximum atomic E-state index is 5.52. The molecule has 0 saturated carbocycles. The van der Waals surface area contributed by atoms with Gasteiger partial charge in [-0.1, -0.05) is 166 Å². The summed E-state index contributed by atoms with van der Waals surface area (Å²) in [7, 11) is 0. The highest BCUT2D eigenvalue weighted by atomic mass is 16.5. The lowest BCUT2D eigenvalue weighted by Crippen LogP contribution is -2.50. The van der Waals surface area contributed by atoms with Crippen LogP contribution in [0.1, 0.15) is 218 Å². The third-order valence-electron chi connectivity index (χ3n) is 15.8. The molecule has 8 rings (SSSR count). The highest BCUT2D eigenvalue weighted by Gasteiger charge is 2.34. The minimum absolute atomic E-state index is 0.358. The normalized spacial score (nSPS) is 27.7. The molecule has 68 heavy (non-hydrogen) atoms. The first kappa shape index (κ1) is 65.7. The van der Waals surface area contributed by atoms with Crippen molar-refractivity contribution in [3.8, 4) is 0 Å². The van der Waals surface area contributed by atoms with Crippen molar-refractivity contribution in [3.63, 3.8) is 0 Å². The van der Waals surface area contributed by atoms with Crippen molar-refractivity contribution in [1.82, 2.24) is 21.3 Å². The molecule has 0 radical (unpaired) electrons. The Morgan fingerprint density at radius 1 is 0.309 bits per heavy atom. The molecule has 6 atom stereocenters. The van der Waals surface area contributed by atoms with Gasteiger partial charge in [0.25, 0.3) is 0 Å². The van der Waals surface area contributed by atoms with Gasteiger partial charge in [-0.25, -0.2) is 0 Å². The average Bonchev–Trinajstić information content (AvgIpc) is 3.89. The summed E-state index contributed by atoms with van der Waals surface area (Å²) in [5.74, 6) is 3.42. The van der Waals surface area contributed by atoms with Gasteiger partial charge in [0, 0.05) is 44.4 Å². The van der Waals surface area contributed by atoms with Crippen LogP contribution in [0.4, 0.5) is 0 Å². The van der Waals surface area contributed by atoms with E-state index >= 15 is 0 Å². The Kier molecular flexibility index (Phi) is 28.0. The number of nitrogens with one attached hydrogen (secondary N) is 4. The molecule has 6 unspecified atom stereocenters. The fourth-order valence-electron chi connectivity index (χ4n) is 8.88. The van der Waals surface area contributed by atoms with Gasteiger partial charge in [0.05, 0.1) is 25.4 Å². The summed E-state index contributed by atoms with van der Waals surface area (Å²) in [5, 5.41) is 13.5. The van der Waals surface area contributed by atoms with E-state index < -0.39 is 0 Å². The summed E-state index contributed by atoms with van der Waals surface area (Å²) in [4.78, 5) is 0. The molecule has 8 saturated heterocycles. The number of ether oxygens (including phenoxy) is 4. The van der Waals surface area contributed by atoms with E-state index in [1.54, 1.807) is 0 Å². The zero-order chi connectivity index (χ0) is 52.4. The predicted octanol–water partition coefficient (Wildman–Crippen LogP) is 13.9. The summed E-state index contributed by atoms with van der Waals surface area (Å²) in [6, 6.07) is 1.54. The molecule has 8 heteroatoms. The summed E-state index contributed by atoms with van der Waals surface area (Å²) >= 11 is 0. The molecule has 8 aliphatic heterocycles. The zero-order valence-corrected chi connectivity index (χ0v) is 50.4. The fraction of sp³-hybridized carbons (Fsp3) is 1.00. The van der Waals surface area contributed by atoms with Crippen LogP contribution >= 0.6 is 0 Å². The topological polar surface area (TPSA) is 85.0 Å². The van der Waals surface area contributed by atoms with E-state index in [1.807, 2.05) is 0 Å². The van der Waals surface area contributed by atoms with Crippen LogP contribution in [-0.4, -0.2) is 103 Å². The van der Waals surface area contributed by atoms with Crippen molar-refractivity contribution >= 4 is 0 Å². The summed E-state index contributed by atoms with van der Waals surface area (Å²) < 4.78 is 21.2. The Hall–Kier alpha value is -0.320. The lowest BCUT2D eigenvalue weighted by atomic mass is 9.77. The molecule has 8 fully saturated rings. The van der Waals surface area contributed by atoms with Gasteiger partial charge < -0.3 is 40.2 Å². The molecule has 8 aliphatic rings. The highest BCUT2D eigenvalue weighted by molar-refractivity contribution is 4.88. The van der Waals surface area contributed by atoms with Crippen LogP contribution < -0.4 is 21.3 Å². The SMILES string of the molecule is CC(C)(C)C1CCCN1.CC(C)(C)C1CCCO1.CC(C)(C)C1CCN1.CC(C)(C)C1CCNC1.CC(C)(C)C1CCO1.CC(C)(C)C1CCOC1.CC(C)(C)C1CNC1.CC(C)(C)C1COC1. The Morgan fingerprint density at radius 2 is 0.735 bits per heavy atom. The van der Waals surface area contributed by atoms with E-state index in [1.165, 1.54) is 90.6 Å². The molecule has 0 amide bonds. The maximum Gasteiger partial charge on any atom is 0.0645 e. The van der Waals surface area contributed by atoms with Gasteiger partial charge in [0.15, 0.2) is 0 Å². The molecular formula is C60H124N4O4. The summed E-state index contributed by atoms with van der Waals surface area (Å²) in [6.07, 6.45) is 11.5. The molecular weight excluding hydrogens is 841 g/mol. The van der Waals surface area contributed by atoms with Crippen molar-refractivity contribution in [2.45, 2.75) is 242 Å². The maximum absolute atomic E-state index is 5.52. The van der Waals surface area contributed by atoms with Gasteiger partial charge in [-0.05, 0) is 152 Å². The fourth-order valence-corrected chi connectivity index (χ4v) is 8.88. The Bertz CT molecular complexity index is 1060. The van der Waals surface area contributed by atoms with Gasteiger partial charge in [0.2, 0.25) is 0 Å². The molecule has 0 spiro atoms. The van der Waals surface area contributed by atoms with E-state index in [4.69, 9.17) is 18.9 Å². The summed E-state index contributed by atoms with van der Waals surface area (Å²) in [5.41, 5.74) is 3.66. The Morgan fingerprint density at radius 3 is 0.853 bits per heavy atom. The summed E-state index contributed by atoms with van der Waals surface area (Å²) in [6.45, 7) is 67.9. The smallest absolute Gasteiger partial charge is 0.0645 e. The third kappa shape index (κ3) is 27.7. The molecule has 0 aromatic heterocycles. The second-order valence-electron chi connectivity index (χ2n) is 30.4. The Labute approximate surface area is 426 Å². The van der Waals surface area contributed by atoms with Crippen LogP contribution in [0, 0.1) is 67.0 Å². The van der Waals surface area contributed by atoms with E-state index in [2.05, 4.69) is 187 Å². The molecule has 0 bridgehead atoms. The molecule has 408 valence electrons. The van der Waals surface area contributed by atoms with Gasteiger partial charge in [-0.3, -0.25) is 0 Å². The second-order valence-corrected chi connectivity index (χ2v) is 30.4. The molecule has 8 nitrogen and oxygen atoms in total. The van der Waals surface area contributed by atoms with Gasteiger partial charge in [-0.15, -0.1) is 0 Å². The molecule has 4 N–H and O–H groups in total. The standard InChI is InChI=1S/2C8H17N.2C8H16O.2C7H15N.2C7H14O/c1-8(2,3)7-4-5-9-6-7;1-8(2,3)7-5-4-6-9-7;1-8(2,3)7-4-5-9-6-7;1-8(2,3)7-5-4-6-9-7;1-7(2,3)6-4-8-5-6;1-7(2,3)6-4-5-8-6;1-7(2,3)6-4-8-5-6;1-7(2,3)6-4-5-8-6/h2*7,9H,4-6H2,1-3H3;2*7H,4-6H2,1-3H3;2*6,8H,4-5H2,1-3H3;2*6H,4-5H2,1-3H3. The van der Waals surface area contributed by atoms with E-state index in [0.29, 0.717) is 55.5 Å². The average molecular weight is 966 g/mol. The van der Waals surface area contributed by atoms with Crippen molar-refractivity contribution in [3.05, 3.63) is 0 Å². The molecule has 8 heterocycles. The highest BCUT2D eigenvalue weighted by Crippen LogP contribution is 2.34. The quantitative estimate of drug-likeness (QED) is 0.191. The van der Waals surface area contributed by atoms with Crippen LogP contribution in [0.25, 0.3) is 0 Å². The van der Waals surface area contributed by atoms with Gasteiger partial charge in [-0.2, -0.15) is 0 Å². The number of hydrogen-bond acceptors (Lipinski definition) is 8. The van der Waals surface area contributed by atoms with Crippen LogP contribution in [0.3, 0.4) is 0 Å². The number of hydrogen-bond donors (Lipinski definition) is 4. The molecule has 0 aromatic rings. The second kappa shape index (κ2) is 28.9. The lowest BCUT2D eigenvalue weighted by Gasteiger charge is -2.38. The van der Waals surface area contributed by atoms with Crippen LogP contribution in [0.2, 0.25) is 0 Å². The van der Waals surface area contributed by atoms with E-state index in [0.717, 1.165) is 75.4 Å². The Balaban J connectivity index is 0.000000389. The predicted molar refractivity (Wildman–Crippen MR) is 297 cm³/mol. The van der Waals surface area contributed by atoms with Crippen molar-refractivity contribution in [2.24, 2.45) is 67.0 Å². The van der Waals surface area contributed by atoms with Crippen LogP contribution in [0.5, 0.6) is 0 Å². The van der Waals surface area contributed by atoms with Crippen LogP contribution in [0.15, 0.2) is 0 Å². The van der Waals surface area contributed by atoms with Crippen molar-refractivity contribution in [1.29, 1.82) is 0 Å². The molecule has 0 aromatic carbocycles. The zero-order valence-electron chi connectivity index (χ0n) is 50.4. The van der Waals surface area contributed by atoms with Crippen LogP contribution in [-0.2, 0) is 18.9 Å². The minimum atomic E-state index is 0.358. The van der Waals surface area contributed by atoms with E-state index in [9.17, 15) is 0 Å². The number of rotatable bonds is 0. The first-order chi connectivity index (χ1) is 30.8. The monoisotopic (exact) mass is 965 g/mol. The molecule has 0 aliphatic carbocycles. The van der Waals surface area contributed by atoms with E-state index in [-0.39, 0.29) is 0 Å².